The normalized spacial score (nSPS) is 21.5. The Hall–Kier alpha value is -1.43. The molecule has 0 spiro atoms. The van der Waals surface area contributed by atoms with Crippen LogP contribution in [0.15, 0.2) is 4.52 Å². The fourth-order valence-electron chi connectivity index (χ4n) is 2.56. The highest BCUT2D eigenvalue weighted by Crippen LogP contribution is 2.34. The standard InChI is InChI=1S/C13H21N3O3/c1-9-14-11(19-15-9)8-16-6-4-5-10(7-16)13(2,3)12(17)18/h10H,4-8H2,1-3H3,(H,17,18). The Labute approximate surface area is 112 Å². The number of aromatic nitrogens is 2. The van der Waals surface area contributed by atoms with Gasteiger partial charge in [0.15, 0.2) is 5.82 Å². The molecule has 0 amide bonds. The summed E-state index contributed by atoms with van der Waals surface area (Å²) in [7, 11) is 0. The summed E-state index contributed by atoms with van der Waals surface area (Å²) in [5.41, 5.74) is -0.691. The number of hydrogen-bond donors (Lipinski definition) is 1. The van der Waals surface area contributed by atoms with Crippen LogP contribution in [-0.4, -0.2) is 39.2 Å². The lowest BCUT2D eigenvalue weighted by molar-refractivity contribution is -0.151. The minimum absolute atomic E-state index is 0.155. The van der Waals surface area contributed by atoms with E-state index in [-0.39, 0.29) is 5.92 Å². The Morgan fingerprint density at radius 1 is 1.58 bits per heavy atom. The minimum Gasteiger partial charge on any atom is -0.481 e. The van der Waals surface area contributed by atoms with Gasteiger partial charge < -0.3 is 9.63 Å². The highest BCUT2D eigenvalue weighted by molar-refractivity contribution is 5.74. The van der Waals surface area contributed by atoms with Gasteiger partial charge in [0.05, 0.1) is 12.0 Å². The number of aliphatic carboxylic acids is 1. The molecule has 2 rings (SSSR count). The van der Waals surface area contributed by atoms with Gasteiger partial charge in [-0.1, -0.05) is 5.16 Å². The van der Waals surface area contributed by atoms with Crippen molar-refractivity contribution in [2.45, 2.75) is 40.2 Å². The van der Waals surface area contributed by atoms with Gasteiger partial charge in [0.25, 0.3) is 0 Å². The molecule has 1 saturated heterocycles. The molecule has 1 unspecified atom stereocenters. The molecule has 0 radical (unpaired) electrons. The van der Waals surface area contributed by atoms with Gasteiger partial charge in [-0.2, -0.15) is 4.98 Å². The Morgan fingerprint density at radius 2 is 2.32 bits per heavy atom. The Kier molecular flexibility index (Phi) is 3.89. The molecule has 0 aromatic carbocycles. The van der Waals surface area contributed by atoms with Crippen LogP contribution in [0.3, 0.4) is 0 Å². The molecule has 1 aromatic rings. The Morgan fingerprint density at radius 3 is 2.89 bits per heavy atom. The zero-order valence-corrected chi connectivity index (χ0v) is 11.7. The van der Waals surface area contributed by atoms with Crippen LogP contribution >= 0.6 is 0 Å². The van der Waals surface area contributed by atoms with Gasteiger partial charge >= 0.3 is 5.97 Å². The van der Waals surface area contributed by atoms with Crippen LogP contribution in [0.4, 0.5) is 0 Å². The molecule has 19 heavy (non-hydrogen) atoms. The summed E-state index contributed by atoms with van der Waals surface area (Å²) in [5, 5.41) is 13.1. The van der Waals surface area contributed by atoms with Crippen LogP contribution in [0.25, 0.3) is 0 Å². The maximum atomic E-state index is 11.3. The fraction of sp³-hybridized carbons (Fsp3) is 0.769. The molecule has 6 heteroatoms. The zero-order chi connectivity index (χ0) is 14.0. The van der Waals surface area contributed by atoms with Crippen LogP contribution < -0.4 is 0 Å². The molecule has 0 aliphatic carbocycles. The average Bonchev–Trinajstić information content (AvgIpc) is 2.75. The summed E-state index contributed by atoms with van der Waals surface area (Å²) in [6.07, 6.45) is 1.97. The van der Waals surface area contributed by atoms with Crippen LogP contribution in [0.1, 0.15) is 38.4 Å². The molecular weight excluding hydrogens is 246 g/mol. The van der Waals surface area contributed by atoms with Crippen molar-refractivity contribution in [3.8, 4) is 0 Å². The van der Waals surface area contributed by atoms with E-state index in [2.05, 4.69) is 15.0 Å². The zero-order valence-electron chi connectivity index (χ0n) is 11.7. The summed E-state index contributed by atoms with van der Waals surface area (Å²) in [5.74, 6) is 0.663. The molecule has 0 bridgehead atoms. The van der Waals surface area contributed by atoms with Crippen molar-refractivity contribution in [1.82, 2.24) is 15.0 Å². The summed E-state index contributed by atoms with van der Waals surface area (Å²) >= 11 is 0. The van der Waals surface area contributed by atoms with E-state index in [9.17, 15) is 9.90 Å². The molecule has 1 atom stereocenters. The fourth-order valence-corrected chi connectivity index (χ4v) is 2.56. The molecule has 1 aliphatic rings. The number of carboxylic acids is 1. The number of rotatable bonds is 4. The number of aryl methyl sites for hydroxylation is 1. The summed E-state index contributed by atoms with van der Waals surface area (Å²) in [4.78, 5) is 17.7. The maximum absolute atomic E-state index is 11.3. The third-order valence-electron chi connectivity index (χ3n) is 4.01. The number of likely N-dealkylation sites (tertiary alicyclic amines) is 1. The molecule has 1 fully saturated rings. The van der Waals surface area contributed by atoms with Crippen molar-refractivity contribution in [2.75, 3.05) is 13.1 Å². The van der Waals surface area contributed by atoms with Crippen LogP contribution in [0.2, 0.25) is 0 Å². The van der Waals surface area contributed by atoms with Crippen molar-refractivity contribution >= 4 is 5.97 Å². The molecule has 1 N–H and O–H groups in total. The van der Waals surface area contributed by atoms with E-state index in [1.807, 2.05) is 0 Å². The van der Waals surface area contributed by atoms with Gasteiger partial charge in [-0.05, 0) is 46.1 Å². The van der Waals surface area contributed by atoms with E-state index in [4.69, 9.17) is 4.52 Å². The van der Waals surface area contributed by atoms with E-state index in [0.717, 1.165) is 25.9 Å². The van der Waals surface area contributed by atoms with E-state index in [1.54, 1.807) is 20.8 Å². The largest absolute Gasteiger partial charge is 0.481 e. The van der Waals surface area contributed by atoms with Gasteiger partial charge in [0.2, 0.25) is 5.89 Å². The second-order valence-corrected chi connectivity index (χ2v) is 5.84. The molecule has 1 aromatic heterocycles. The lowest BCUT2D eigenvalue weighted by Crippen LogP contribution is -2.44. The number of hydrogen-bond acceptors (Lipinski definition) is 5. The van der Waals surface area contributed by atoms with Gasteiger partial charge in [-0.25, -0.2) is 0 Å². The molecular formula is C13H21N3O3. The summed E-state index contributed by atoms with van der Waals surface area (Å²) < 4.78 is 5.12. The molecule has 6 nitrogen and oxygen atoms in total. The number of carbonyl (C=O) groups is 1. The van der Waals surface area contributed by atoms with Gasteiger partial charge in [0.1, 0.15) is 0 Å². The molecule has 1 aliphatic heterocycles. The van der Waals surface area contributed by atoms with Gasteiger partial charge in [-0.15, -0.1) is 0 Å². The third kappa shape index (κ3) is 3.12. The molecule has 2 heterocycles. The highest BCUT2D eigenvalue weighted by Gasteiger charge is 2.39. The summed E-state index contributed by atoms with van der Waals surface area (Å²) in [6, 6.07) is 0. The number of nitrogens with zero attached hydrogens (tertiary/aromatic N) is 3. The first-order valence-electron chi connectivity index (χ1n) is 6.64. The van der Waals surface area contributed by atoms with E-state index in [0.29, 0.717) is 18.3 Å². The second kappa shape index (κ2) is 5.28. The maximum Gasteiger partial charge on any atom is 0.309 e. The predicted octanol–water partition coefficient (Wildman–Crippen LogP) is 1.70. The second-order valence-electron chi connectivity index (χ2n) is 5.84. The van der Waals surface area contributed by atoms with Crippen molar-refractivity contribution < 1.29 is 14.4 Å². The lowest BCUT2D eigenvalue weighted by Gasteiger charge is -2.38. The van der Waals surface area contributed by atoms with E-state index < -0.39 is 11.4 Å². The predicted molar refractivity (Wildman–Crippen MR) is 68.5 cm³/mol. The lowest BCUT2D eigenvalue weighted by atomic mass is 9.74. The molecule has 106 valence electrons. The van der Waals surface area contributed by atoms with Crippen molar-refractivity contribution in [3.63, 3.8) is 0 Å². The number of piperidine rings is 1. The number of carboxylic acid groups (broad SMARTS) is 1. The van der Waals surface area contributed by atoms with E-state index in [1.165, 1.54) is 0 Å². The van der Waals surface area contributed by atoms with Crippen LogP contribution in [0.5, 0.6) is 0 Å². The van der Waals surface area contributed by atoms with E-state index >= 15 is 0 Å². The first-order valence-corrected chi connectivity index (χ1v) is 6.64. The quantitative estimate of drug-likeness (QED) is 0.894. The first-order chi connectivity index (χ1) is 8.89. The Bertz CT molecular complexity index is 456. The van der Waals surface area contributed by atoms with Crippen molar-refractivity contribution in [2.24, 2.45) is 11.3 Å². The topological polar surface area (TPSA) is 79.5 Å². The van der Waals surface area contributed by atoms with Crippen molar-refractivity contribution in [1.29, 1.82) is 0 Å². The highest BCUT2D eigenvalue weighted by atomic mass is 16.5. The average molecular weight is 267 g/mol. The summed E-state index contributed by atoms with van der Waals surface area (Å²) in [6.45, 7) is 7.72. The van der Waals surface area contributed by atoms with Gasteiger partial charge in [0, 0.05) is 6.54 Å². The van der Waals surface area contributed by atoms with Crippen molar-refractivity contribution in [3.05, 3.63) is 11.7 Å². The monoisotopic (exact) mass is 267 g/mol. The smallest absolute Gasteiger partial charge is 0.309 e. The minimum atomic E-state index is -0.729. The first kappa shape index (κ1) is 14.0. The van der Waals surface area contributed by atoms with Gasteiger partial charge in [-0.3, -0.25) is 9.69 Å². The van der Waals surface area contributed by atoms with Crippen LogP contribution in [-0.2, 0) is 11.3 Å². The SMILES string of the molecule is Cc1noc(CN2CCCC(C(C)(C)C(=O)O)C2)n1. The third-order valence-corrected chi connectivity index (χ3v) is 4.01. The van der Waals surface area contributed by atoms with Crippen LogP contribution in [0, 0.1) is 18.3 Å². The Balaban J connectivity index is 1.99. The molecule has 0 saturated carbocycles.